The summed E-state index contributed by atoms with van der Waals surface area (Å²) < 4.78 is 10.3. The topological polar surface area (TPSA) is 126 Å². The fourth-order valence-electron chi connectivity index (χ4n) is 1.78. The number of rotatable bonds is 4. The zero-order valence-corrected chi connectivity index (χ0v) is 11.7. The average Bonchev–Trinajstić information content (AvgIpc) is 2.40. The van der Waals surface area contributed by atoms with E-state index in [4.69, 9.17) is 15.2 Å². The number of hydrogen-bond donors (Lipinski definition) is 1. The van der Waals surface area contributed by atoms with E-state index in [0.717, 1.165) is 5.56 Å². The Morgan fingerprint density at radius 2 is 1.86 bits per heavy atom. The van der Waals surface area contributed by atoms with Gasteiger partial charge >= 0.3 is 17.7 Å². The van der Waals surface area contributed by atoms with Crippen molar-refractivity contribution < 1.29 is 14.4 Å². The van der Waals surface area contributed by atoms with Crippen molar-refractivity contribution in [1.82, 2.24) is 15.0 Å². The van der Waals surface area contributed by atoms with Gasteiger partial charge in [0, 0.05) is 6.07 Å². The standard InChI is InChI=1S/C12H13N5O4/c1-6-4-7(2)9(8(5-6)17(18)19)21-12-15-10(13)14-11(16-12)20-3/h4-5H,1-3H3,(H2,13,14,15,16). The van der Waals surface area contributed by atoms with E-state index in [2.05, 4.69) is 15.0 Å². The molecule has 9 nitrogen and oxygen atoms in total. The van der Waals surface area contributed by atoms with Crippen molar-refractivity contribution in [3.63, 3.8) is 0 Å². The zero-order chi connectivity index (χ0) is 15.6. The number of nitro benzene ring substituents is 1. The zero-order valence-electron chi connectivity index (χ0n) is 11.7. The van der Waals surface area contributed by atoms with Crippen LogP contribution in [0.5, 0.6) is 17.8 Å². The molecule has 0 aliphatic heterocycles. The van der Waals surface area contributed by atoms with Crippen LogP contribution in [-0.4, -0.2) is 27.0 Å². The number of aromatic nitrogens is 3. The second-order valence-corrected chi connectivity index (χ2v) is 4.25. The van der Waals surface area contributed by atoms with Crippen molar-refractivity contribution in [2.75, 3.05) is 12.8 Å². The van der Waals surface area contributed by atoms with Crippen molar-refractivity contribution in [3.05, 3.63) is 33.4 Å². The van der Waals surface area contributed by atoms with E-state index in [0.29, 0.717) is 5.56 Å². The molecule has 0 saturated heterocycles. The van der Waals surface area contributed by atoms with Crippen LogP contribution < -0.4 is 15.2 Å². The SMILES string of the molecule is COc1nc(N)nc(Oc2c(C)cc(C)cc2[N+](=O)[O-])n1. The first kappa shape index (κ1) is 14.4. The number of methoxy groups -OCH3 is 1. The number of anilines is 1. The molecule has 1 heterocycles. The fraction of sp³-hybridized carbons (Fsp3) is 0.250. The molecule has 0 saturated carbocycles. The van der Waals surface area contributed by atoms with E-state index >= 15 is 0 Å². The van der Waals surface area contributed by atoms with Crippen LogP contribution in [-0.2, 0) is 0 Å². The minimum absolute atomic E-state index is 0.0371. The fourth-order valence-corrected chi connectivity index (χ4v) is 1.78. The summed E-state index contributed by atoms with van der Waals surface area (Å²) in [6.45, 7) is 3.45. The number of hydrogen-bond acceptors (Lipinski definition) is 8. The van der Waals surface area contributed by atoms with Crippen LogP contribution in [0.1, 0.15) is 11.1 Å². The molecule has 0 fully saturated rings. The Balaban J connectivity index is 2.48. The van der Waals surface area contributed by atoms with Crippen LogP contribution in [0.2, 0.25) is 0 Å². The lowest BCUT2D eigenvalue weighted by Crippen LogP contribution is -2.04. The van der Waals surface area contributed by atoms with Gasteiger partial charge in [-0.15, -0.1) is 4.98 Å². The first-order valence-electron chi connectivity index (χ1n) is 5.89. The molecule has 0 unspecified atom stereocenters. The van der Waals surface area contributed by atoms with Gasteiger partial charge in [0.05, 0.1) is 12.0 Å². The average molecular weight is 291 g/mol. The summed E-state index contributed by atoms with van der Waals surface area (Å²) in [6, 6.07) is 2.95. The maximum Gasteiger partial charge on any atom is 0.330 e. The van der Waals surface area contributed by atoms with Gasteiger partial charge in [0.2, 0.25) is 11.7 Å². The molecule has 2 N–H and O–H groups in total. The number of aryl methyl sites for hydroxylation is 2. The molecule has 0 radical (unpaired) electrons. The van der Waals surface area contributed by atoms with E-state index in [1.165, 1.54) is 13.2 Å². The number of nitrogens with two attached hydrogens (primary N) is 1. The molecule has 0 bridgehead atoms. The normalized spacial score (nSPS) is 10.2. The van der Waals surface area contributed by atoms with Crippen LogP contribution in [0.4, 0.5) is 11.6 Å². The van der Waals surface area contributed by atoms with Gasteiger partial charge < -0.3 is 15.2 Å². The second kappa shape index (κ2) is 5.57. The summed E-state index contributed by atoms with van der Waals surface area (Å²) in [5.41, 5.74) is 6.65. The maximum absolute atomic E-state index is 11.1. The molecule has 0 spiro atoms. The van der Waals surface area contributed by atoms with Gasteiger partial charge in [0.15, 0.2) is 0 Å². The molecular formula is C12H13N5O4. The van der Waals surface area contributed by atoms with E-state index in [9.17, 15) is 10.1 Å². The third-order valence-corrected chi connectivity index (χ3v) is 2.58. The summed E-state index contributed by atoms with van der Waals surface area (Å²) in [4.78, 5) is 21.9. The predicted molar refractivity (Wildman–Crippen MR) is 73.4 cm³/mol. The first-order chi connectivity index (χ1) is 9.90. The maximum atomic E-state index is 11.1. The predicted octanol–water partition coefficient (Wildman–Crippen LogP) is 1.78. The van der Waals surface area contributed by atoms with Crippen molar-refractivity contribution in [2.45, 2.75) is 13.8 Å². The van der Waals surface area contributed by atoms with Gasteiger partial charge in [-0.1, -0.05) is 6.07 Å². The van der Waals surface area contributed by atoms with E-state index in [1.807, 2.05) is 0 Å². The highest BCUT2D eigenvalue weighted by Crippen LogP contribution is 2.34. The first-order valence-corrected chi connectivity index (χ1v) is 5.89. The van der Waals surface area contributed by atoms with Crippen LogP contribution in [0.15, 0.2) is 12.1 Å². The lowest BCUT2D eigenvalue weighted by Gasteiger charge is -2.09. The smallest absolute Gasteiger partial charge is 0.330 e. The van der Waals surface area contributed by atoms with Crippen molar-refractivity contribution >= 4 is 11.6 Å². The summed E-state index contributed by atoms with van der Waals surface area (Å²) >= 11 is 0. The van der Waals surface area contributed by atoms with Crippen LogP contribution in [0, 0.1) is 24.0 Å². The molecule has 9 heteroatoms. The summed E-state index contributed by atoms with van der Waals surface area (Å²) in [5.74, 6) is -0.0532. The van der Waals surface area contributed by atoms with E-state index < -0.39 is 4.92 Å². The van der Waals surface area contributed by atoms with Crippen molar-refractivity contribution in [3.8, 4) is 17.8 Å². The Hall–Kier alpha value is -2.97. The molecule has 21 heavy (non-hydrogen) atoms. The summed E-state index contributed by atoms with van der Waals surface area (Å²) in [6.07, 6.45) is 0. The molecular weight excluding hydrogens is 278 g/mol. The van der Waals surface area contributed by atoms with Gasteiger partial charge in [0.25, 0.3) is 0 Å². The quantitative estimate of drug-likeness (QED) is 0.667. The van der Waals surface area contributed by atoms with E-state index in [-0.39, 0.29) is 29.4 Å². The van der Waals surface area contributed by atoms with Gasteiger partial charge in [-0.05, 0) is 25.0 Å². The number of nitrogens with zero attached hydrogens (tertiary/aromatic N) is 4. The Morgan fingerprint density at radius 1 is 1.19 bits per heavy atom. The summed E-state index contributed by atoms with van der Waals surface area (Å²) in [5, 5.41) is 11.1. The largest absolute Gasteiger partial charge is 0.467 e. The van der Waals surface area contributed by atoms with Crippen LogP contribution in [0.25, 0.3) is 0 Å². The highest BCUT2D eigenvalue weighted by atomic mass is 16.6. The Morgan fingerprint density at radius 3 is 2.48 bits per heavy atom. The number of nitro groups is 1. The van der Waals surface area contributed by atoms with Gasteiger partial charge in [-0.2, -0.15) is 9.97 Å². The van der Waals surface area contributed by atoms with Crippen molar-refractivity contribution in [2.24, 2.45) is 0 Å². The molecule has 1 aromatic heterocycles. The molecule has 110 valence electrons. The Labute approximate surface area is 119 Å². The number of ether oxygens (including phenoxy) is 2. The van der Waals surface area contributed by atoms with Crippen LogP contribution >= 0.6 is 0 Å². The minimum atomic E-state index is -0.531. The second-order valence-electron chi connectivity index (χ2n) is 4.25. The Bertz CT molecular complexity index is 704. The molecule has 0 aliphatic carbocycles. The molecule has 2 aromatic rings. The third kappa shape index (κ3) is 3.14. The van der Waals surface area contributed by atoms with Crippen molar-refractivity contribution in [1.29, 1.82) is 0 Å². The highest BCUT2D eigenvalue weighted by Gasteiger charge is 2.21. The van der Waals surface area contributed by atoms with Gasteiger partial charge in [0.1, 0.15) is 0 Å². The lowest BCUT2D eigenvalue weighted by molar-refractivity contribution is -0.385. The summed E-state index contributed by atoms with van der Waals surface area (Å²) in [7, 11) is 1.36. The molecule has 2 rings (SSSR count). The molecule has 0 atom stereocenters. The minimum Gasteiger partial charge on any atom is -0.467 e. The lowest BCUT2D eigenvalue weighted by atomic mass is 10.1. The monoisotopic (exact) mass is 291 g/mol. The molecule has 0 amide bonds. The molecule has 0 aliphatic rings. The third-order valence-electron chi connectivity index (χ3n) is 2.58. The van der Waals surface area contributed by atoms with Gasteiger partial charge in [-0.3, -0.25) is 10.1 Å². The highest BCUT2D eigenvalue weighted by molar-refractivity contribution is 5.54. The number of benzene rings is 1. The van der Waals surface area contributed by atoms with E-state index in [1.54, 1.807) is 19.9 Å². The van der Waals surface area contributed by atoms with Crippen LogP contribution in [0.3, 0.4) is 0 Å². The molecule has 1 aromatic carbocycles. The number of nitrogen functional groups attached to an aromatic ring is 1. The van der Waals surface area contributed by atoms with Gasteiger partial charge in [-0.25, -0.2) is 0 Å². The Kier molecular flexibility index (Phi) is 3.83.